The molecule has 0 radical (unpaired) electrons. The Kier molecular flexibility index (Phi) is 3.10. The molecule has 19 heavy (non-hydrogen) atoms. The molecular weight excluding hydrogens is 247 g/mol. The predicted octanol–water partition coefficient (Wildman–Crippen LogP) is 2.03. The molecule has 0 amide bonds. The average molecular weight is 264 g/mol. The third kappa shape index (κ3) is 2.53. The van der Waals surface area contributed by atoms with Crippen LogP contribution in [0.1, 0.15) is 30.7 Å². The van der Waals surface area contributed by atoms with Crippen molar-refractivity contribution in [1.82, 2.24) is 14.6 Å². The first-order chi connectivity index (χ1) is 9.11. The number of aromatic nitrogens is 3. The van der Waals surface area contributed by atoms with Crippen molar-refractivity contribution in [2.45, 2.75) is 45.1 Å². The van der Waals surface area contributed by atoms with Crippen molar-refractivity contribution >= 4 is 11.3 Å². The van der Waals surface area contributed by atoms with Crippen molar-refractivity contribution in [3.8, 4) is 0 Å². The number of aryl methyl sites for hydroxylation is 1. The van der Waals surface area contributed by atoms with Gasteiger partial charge in [-0.15, -0.1) is 0 Å². The van der Waals surface area contributed by atoms with Gasteiger partial charge in [-0.3, -0.25) is 0 Å². The van der Waals surface area contributed by atoms with Crippen molar-refractivity contribution < 1.29 is 9.13 Å². The van der Waals surface area contributed by atoms with Crippen LogP contribution >= 0.6 is 0 Å². The summed E-state index contributed by atoms with van der Waals surface area (Å²) in [7, 11) is 0. The SMILES string of the molecule is Cc1nc2c(N)cc(COC3CCC(F)C3)cn2n1. The van der Waals surface area contributed by atoms with E-state index < -0.39 is 6.17 Å². The Hall–Kier alpha value is -1.69. The summed E-state index contributed by atoms with van der Waals surface area (Å²) in [5.41, 5.74) is 8.10. The lowest BCUT2D eigenvalue weighted by molar-refractivity contribution is 0.0413. The van der Waals surface area contributed by atoms with E-state index in [4.69, 9.17) is 10.5 Å². The molecule has 0 bridgehead atoms. The minimum Gasteiger partial charge on any atom is -0.396 e. The Morgan fingerprint density at radius 2 is 2.37 bits per heavy atom. The number of ether oxygens (including phenoxy) is 1. The summed E-state index contributed by atoms with van der Waals surface area (Å²) in [4.78, 5) is 4.24. The first kappa shape index (κ1) is 12.3. The van der Waals surface area contributed by atoms with Crippen LogP contribution in [0, 0.1) is 6.92 Å². The number of hydrogen-bond acceptors (Lipinski definition) is 4. The Labute approximate surface area is 110 Å². The van der Waals surface area contributed by atoms with Gasteiger partial charge in [-0.2, -0.15) is 5.10 Å². The maximum absolute atomic E-state index is 13.1. The van der Waals surface area contributed by atoms with Gasteiger partial charge in [0.1, 0.15) is 12.0 Å². The molecule has 0 spiro atoms. The third-order valence-corrected chi connectivity index (χ3v) is 3.43. The van der Waals surface area contributed by atoms with E-state index in [0.29, 0.717) is 36.6 Å². The molecule has 0 saturated heterocycles. The highest BCUT2D eigenvalue weighted by Crippen LogP contribution is 2.25. The largest absolute Gasteiger partial charge is 0.396 e. The summed E-state index contributed by atoms with van der Waals surface area (Å²) < 4.78 is 20.4. The van der Waals surface area contributed by atoms with Crippen molar-refractivity contribution in [3.63, 3.8) is 0 Å². The highest BCUT2D eigenvalue weighted by molar-refractivity contribution is 5.64. The van der Waals surface area contributed by atoms with Gasteiger partial charge in [-0.05, 0) is 31.4 Å². The first-order valence-corrected chi connectivity index (χ1v) is 6.49. The lowest BCUT2D eigenvalue weighted by Crippen LogP contribution is -2.09. The second-order valence-corrected chi connectivity index (χ2v) is 5.07. The predicted molar refractivity (Wildman–Crippen MR) is 69.5 cm³/mol. The molecule has 1 aliphatic carbocycles. The van der Waals surface area contributed by atoms with Crippen LogP contribution in [0.15, 0.2) is 12.3 Å². The summed E-state index contributed by atoms with van der Waals surface area (Å²) in [6, 6.07) is 1.84. The molecule has 5 nitrogen and oxygen atoms in total. The molecule has 1 aliphatic rings. The van der Waals surface area contributed by atoms with Gasteiger partial charge in [-0.1, -0.05) is 0 Å². The summed E-state index contributed by atoms with van der Waals surface area (Å²) in [6.45, 7) is 2.25. The number of hydrogen-bond donors (Lipinski definition) is 1. The van der Waals surface area contributed by atoms with Gasteiger partial charge in [0, 0.05) is 12.6 Å². The normalized spacial score (nSPS) is 23.3. The molecule has 2 atom stereocenters. The van der Waals surface area contributed by atoms with Gasteiger partial charge in [0.2, 0.25) is 0 Å². The van der Waals surface area contributed by atoms with E-state index in [-0.39, 0.29) is 6.10 Å². The maximum atomic E-state index is 13.1. The van der Waals surface area contributed by atoms with Crippen molar-refractivity contribution in [2.24, 2.45) is 0 Å². The monoisotopic (exact) mass is 264 g/mol. The van der Waals surface area contributed by atoms with Crippen LogP contribution in [0.25, 0.3) is 5.65 Å². The highest BCUT2D eigenvalue weighted by Gasteiger charge is 2.24. The lowest BCUT2D eigenvalue weighted by Gasteiger charge is -2.11. The lowest BCUT2D eigenvalue weighted by atomic mass is 10.2. The molecule has 3 rings (SSSR count). The van der Waals surface area contributed by atoms with E-state index in [1.165, 1.54) is 0 Å². The second kappa shape index (κ2) is 4.77. The Morgan fingerprint density at radius 1 is 1.53 bits per heavy atom. The van der Waals surface area contributed by atoms with E-state index in [1.807, 2.05) is 19.2 Å². The Balaban J connectivity index is 1.74. The number of fused-ring (bicyclic) bond motifs is 1. The zero-order valence-electron chi connectivity index (χ0n) is 10.8. The number of nitrogens with two attached hydrogens (primary N) is 1. The van der Waals surface area contributed by atoms with Crippen LogP contribution in [-0.4, -0.2) is 26.9 Å². The van der Waals surface area contributed by atoms with Crippen LogP contribution in [0.4, 0.5) is 10.1 Å². The number of pyridine rings is 1. The summed E-state index contributed by atoms with van der Waals surface area (Å²) in [6.07, 6.45) is 3.06. The molecule has 0 aliphatic heterocycles. The third-order valence-electron chi connectivity index (χ3n) is 3.43. The molecule has 0 aromatic carbocycles. The summed E-state index contributed by atoms with van der Waals surface area (Å²) in [5.74, 6) is 0.681. The highest BCUT2D eigenvalue weighted by atomic mass is 19.1. The van der Waals surface area contributed by atoms with Gasteiger partial charge in [0.25, 0.3) is 0 Å². The number of anilines is 1. The smallest absolute Gasteiger partial charge is 0.178 e. The van der Waals surface area contributed by atoms with Crippen LogP contribution in [0.3, 0.4) is 0 Å². The minimum absolute atomic E-state index is 0.0180. The van der Waals surface area contributed by atoms with E-state index in [9.17, 15) is 4.39 Å². The van der Waals surface area contributed by atoms with E-state index in [0.717, 1.165) is 12.0 Å². The van der Waals surface area contributed by atoms with E-state index >= 15 is 0 Å². The summed E-state index contributed by atoms with van der Waals surface area (Å²) >= 11 is 0. The topological polar surface area (TPSA) is 65.4 Å². The fraction of sp³-hybridized carbons (Fsp3) is 0.538. The molecule has 1 saturated carbocycles. The number of alkyl halides is 1. The fourth-order valence-electron chi connectivity index (χ4n) is 2.51. The average Bonchev–Trinajstić information content (AvgIpc) is 2.92. The molecule has 2 heterocycles. The van der Waals surface area contributed by atoms with Gasteiger partial charge < -0.3 is 10.5 Å². The maximum Gasteiger partial charge on any atom is 0.178 e. The van der Waals surface area contributed by atoms with Crippen molar-refractivity contribution in [2.75, 3.05) is 5.73 Å². The zero-order valence-corrected chi connectivity index (χ0v) is 10.8. The van der Waals surface area contributed by atoms with Crippen molar-refractivity contribution in [1.29, 1.82) is 0 Å². The van der Waals surface area contributed by atoms with Crippen LogP contribution in [-0.2, 0) is 11.3 Å². The van der Waals surface area contributed by atoms with Gasteiger partial charge in [-0.25, -0.2) is 13.9 Å². The molecular formula is C13H17FN4O. The number of nitrogen functional groups attached to an aromatic ring is 1. The first-order valence-electron chi connectivity index (χ1n) is 6.49. The van der Waals surface area contributed by atoms with Crippen molar-refractivity contribution in [3.05, 3.63) is 23.7 Å². The molecule has 6 heteroatoms. The van der Waals surface area contributed by atoms with Gasteiger partial charge >= 0.3 is 0 Å². The Bertz CT molecular complexity index is 598. The van der Waals surface area contributed by atoms with Crippen LogP contribution in [0.5, 0.6) is 0 Å². The molecule has 2 N–H and O–H groups in total. The van der Waals surface area contributed by atoms with Crippen LogP contribution in [0.2, 0.25) is 0 Å². The fourth-order valence-corrected chi connectivity index (χ4v) is 2.51. The van der Waals surface area contributed by atoms with E-state index in [1.54, 1.807) is 4.52 Å². The number of rotatable bonds is 3. The molecule has 2 aromatic rings. The van der Waals surface area contributed by atoms with Gasteiger partial charge in [0.15, 0.2) is 5.65 Å². The molecule has 2 aromatic heterocycles. The molecule has 2 unspecified atom stereocenters. The second-order valence-electron chi connectivity index (χ2n) is 5.07. The zero-order chi connectivity index (χ0) is 13.4. The van der Waals surface area contributed by atoms with Crippen LogP contribution < -0.4 is 5.73 Å². The quantitative estimate of drug-likeness (QED) is 0.921. The molecule has 102 valence electrons. The minimum atomic E-state index is -0.712. The summed E-state index contributed by atoms with van der Waals surface area (Å²) in [5, 5.41) is 4.24. The standard InChI is InChI=1S/C13H17FN4O/c1-8-16-13-12(15)4-9(6-18(13)17-8)7-19-11-3-2-10(14)5-11/h4,6,10-11H,2-3,5,7,15H2,1H3. The number of halogens is 1. The molecule has 1 fully saturated rings. The number of nitrogens with zero attached hydrogens (tertiary/aromatic N) is 3. The Morgan fingerprint density at radius 3 is 3.11 bits per heavy atom. The van der Waals surface area contributed by atoms with E-state index in [2.05, 4.69) is 10.1 Å². The van der Waals surface area contributed by atoms with Gasteiger partial charge in [0.05, 0.1) is 18.4 Å².